The van der Waals surface area contributed by atoms with Crippen molar-refractivity contribution in [2.45, 2.75) is 12.8 Å². The summed E-state index contributed by atoms with van der Waals surface area (Å²) in [7, 11) is 0. The zero-order valence-electron chi connectivity index (χ0n) is 13.3. The van der Waals surface area contributed by atoms with Crippen molar-refractivity contribution in [3.05, 3.63) is 46.7 Å². The average Bonchev–Trinajstić information content (AvgIpc) is 3.03. The lowest BCUT2D eigenvalue weighted by Crippen LogP contribution is -2.17. The fourth-order valence-electron chi connectivity index (χ4n) is 2.73. The number of aromatic nitrogens is 2. The maximum Gasteiger partial charge on any atom is 0.224 e. The first-order valence-corrected chi connectivity index (χ1v) is 8.81. The monoisotopic (exact) mass is 401 g/mol. The summed E-state index contributed by atoms with van der Waals surface area (Å²) in [6.45, 7) is 1.04. The van der Waals surface area contributed by atoms with Crippen molar-refractivity contribution >= 4 is 38.6 Å². The number of hydrogen-bond acceptors (Lipinski definition) is 4. The number of H-pyrrole nitrogens is 1. The summed E-state index contributed by atoms with van der Waals surface area (Å²) >= 11 is 3.45. The Morgan fingerprint density at radius 1 is 1.20 bits per heavy atom. The van der Waals surface area contributed by atoms with Crippen LogP contribution in [-0.4, -0.2) is 29.1 Å². The predicted molar refractivity (Wildman–Crippen MR) is 98.2 cm³/mol. The number of carbonyl (C=O) groups is 1. The standard InChI is InChI=1S/C18H16BrN3O3/c19-11-9-15-16(25-8-7-24-15)10-14(11)22-18(23)6-5-17-20-12-3-1-2-4-13(12)21-17/h1-4,9-10H,5-8H2,(H,20,21)(H,22,23). The highest BCUT2D eigenvalue weighted by Gasteiger charge is 2.16. The zero-order valence-corrected chi connectivity index (χ0v) is 14.9. The molecule has 0 unspecified atom stereocenters. The number of benzene rings is 2. The number of carbonyl (C=O) groups excluding carboxylic acids is 1. The van der Waals surface area contributed by atoms with Crippen LogP contribution in [0.3, 0.4) is 0 Å². The molecule has 0 saturated heterocycles. The van der Waals surface area contributed by atoms with Crippen molar-refractivity contribution in [2.24, 2.45) is 0 Å². The van der Waals surface area contributed by atoms with Gasteiger partial charge >= 0.3 is 0 Å². The number of fused-ring (bicyclic) bond motifs is 2. The molecule has 6 nitrogen and oxygen atoms in total. The van der Waals surface area contributed by atoms with Crippen LogP contribution in [0.25, 0.3) is 11.0 Å². The lowest BCUT2D eigenvalue weighted by Gasteiger charge is -2.20. The van der Waals surface area contributed by atoms with Gasteiger partial charge in [-0.3, -0.25) is 4.79 Å². The normalized spacial score (nSPS) is 13.0. The highest BCUT2D eigenvalue weighted by Crippen LogP contribution is 2.38. The molecule has 2 N–H and O–H groups in total. The minimum absolute atomic E-state index is 0.0853. The minimum atomic E-state index is -0.0853. The number of nitrogens with zero attached hydrogens (tertiary/aromatic N) is 1. The Bertz CT molecular complexity index is 905. The molecule has 0 radical (unpaired) electrons. The number of para-hydroxylation sites is 2. The number of ether oxygens (including phenoxy) is 2. The van der Waals surface area contributed by atoms with Gasteiger partial charge in [0.05, 0.1) is 16.7 Å². The number of aromatic amines is 1. The molecule has 2 heterocycles. The van der Waals surface area contributed by atoms with Crippen LogP contribution in [0.15, 0.2) is 40.9 Å². The second kappa shape index (κ2) is 6.76. The maximum atomic E-state index is 12.3. The maximum absolute atomic E-state index is 12.3. The number of halogens is 1. The van der Waals surface area contributed by atoms with E-state index in [0.717, 1.165) is 21.3 Å². The van der Waals surface area contributed by atoms with Gasteiger partial charge in [0.1, 0.15) is 19.0 Å². The number of amides is 1. The molecule has 0 fully saturated rings. The summed E-state index contributed by atoms with van der Waals surface area (Å²) in [5.74, 6) is 2.04. The van der Waals surface area contributed by atoms with E-state index in [9.17, 15) is 4.79 Å². The fraction of sp³-hybridized carbons (Fsp3) is 0.222. The largest absolute Gasteiger partial charge is 0.486 e. The van der Waals surface area contributed by atoms with Gasteiger partial charge in [0.15, 0.2) is 11.5 Å². The van der Waals surface area contributed by atoms with E-state index in [1.165, 1.54) is 0 Å². The molecular weight excluding hydrogens is 386 g/mol. The molecule has 1 amide bonds. The molecule has 25 heavy (non-hydrogen) atoms. The Hall–Kier alpha value is -2.54. The smallest absolute Gasteiger partial charge is 0.224 e. The van der Waals surface area contributed by atoms with E-state index < -0.39 is 0 Å². The summed E-state index contributed by atoms with van der Waals surface area (Å²) in [6, 6.07) is 11.4. The molecule has 0 saturated carbocycles. The third-order valence-corrected chi connectivity index (χ3v) is 4.59. The highest BCUT2D eigenvalue weighted by molar-refractivity contribution is 9.10. The SMILES string of the molecule is O=C(CCc1nc2ccccc2[nH]1)Nc1cc2c(cc1Br)OCCO2. The van der Waals surface area contributed by atoms with Gasteiger partial charge in [-0.05, 0) is 28.1 Å². The van der Waals surface area contributed by atoms with Crippen LogP contribution in [-0.2, 0) is 11.2 Å². The second-order valence-corrected chi connectivity index (χ2v) is 6.58. The Morgan fingerprint density at radius 2 is 1.96 bits per heavy atom. The molecule has 0 aliphatic carbocycles. The van der Waals surface area contributed by atoms with Crippen LogP contribution in [0, 0.1) is 0 Å². The van der Waals surface area contributed by atoms with E-state index in [-0.39, 0.29) is 5.91 Å². The van der Waals surface area contributed by atoms with Gasteiger partial charge in [-0.1, -0.05) is 12.1 Å². The molecular formula is C18H16BrN3O3. The third-order valence-electron chi connectivity index (χ3n) is 3.93. The number of anilines is 1. The predicted octanol–water partition coefficient (Wildman–Crippen LogP) is 3.67. The summed E-state index contributed by atoms with van der Waals surface area (Å²) in [5, 5.41) is 2.90. The first-order valence-electron chi connectivity index (χ1n) is 8.02. The number of hydrogen-bond donors (Lipinski definition) is 2. The molecule has 1 aromatic heterocycles. The number of imidazole rings is 1. The number of nitrogens with one attached hydrogen (secondary N) is 2. The summed E-state index contributed by atoms with van der Waals surface area (Å²) in [6.07, 6.45) is 0.878. The van der Waals surface area contributed by atoms with Crippen molar-refractivity contribution in [3.63, 3.8) is 0 Å². The molecule has 0 bridgehead atoms. The van der Waals surface area contributed by atoms with E-state index in [0.29, 0.717) is 43.2 Å². The van der Waals surface area contributed by atoms with Gasteiger partial charge in [0, 0.05) is 29.4 Å². The molecule has 3 aromatic rings. The van der Waals surface area contributed by atoms with Gasteiger partial charge in [0.25, 0.3) is 0 Å². The molecule has 2 aromatic carbocycles. The third kappa shape index (κ3) is 3.46. The van der Waals surface area contributed by atoms with Crippen LogP contribution in [0.4, 0.5) is 5.69 Å². The van der Waals surface area contributed by atoms with Crippen LogP contribution >= 0.6 is 15.9 Å². The Kier molecular flexibility index (Phi) is 4.31. The molecule has 1 aliphatic heterocycles. The summed E-state index contributed by atoms with van der Waals surface area (Å²) in [5.41, 5.74) is 2.55. The van der Waals surface area contributed by atoms with E-state index in [1.54, 1.807) is 6.07 Å². The van der Waals surface area contributed by atoms with E-state index in [2.05, 4.69) is 31.2 Å². The quantitative estimate of drug-likeness (QED) is 0.699. The topological polar surface area (TPSA) is 76.2 Å². The van der Waals surface area contributed by atoms with Crippen molar-refractivity contribution in [1.29, 1.82) is 0 Å². The van der Waals surface area contributed by atoms with Gasteiger partial charge in [-0.15, -0.1) is 0 Å². The van der Waals surface area contributed by atoms with Crippen molar-refractivity contribution < 1.29 is 14.3 Å². The lowest BCUT2D eigenvalue weighted by atomic mass is 10.2. The zero-order chi connectivity index (χ0) is 17.2. The molecule has 128 valence electrons. The van der Waals surface area contributed by atoms with Gasteiger partial charge in [-0.2, -0.15) is 0 Å². The van der Waals surface area contributed by atoms with Gasteiger partial charge < -0.3 is 19.8 Å². The van der Waals surface area contributed by atoms with E-state index in [4.69, 9.17) is 9.47 Å². The molecule has 4 rings (SSSR count). The summed E-state index contributed by atoms with van der Waals surface area (Å²) in [4.78, 5) is 20.0. The van der Waals surface area contributed by atoms with E-state index in [1.807, 2.05) is 30.3 Å². The van der Waals surface area contributed by atoms with Crippen LogP contribution < -0.4 is 14.8 Å². The fourth-order valence-corrected chi connectivity index (χ4v) is 3.15. The highest BCUT2D eigenvalue weighted by atomic mass is 79.9. The average molecular weight is 402 g/mol. The van der Waals surface area contributed by atoms with Crippen molar-refractivity contribution in [2.75, 3.05) is 18.5 Å². The van der Waals surface area contributed by atoms with Crippen LogP contribution in [0.5, 0.6) is 11.5 Å². The van der Waals surface area contributed by atoms with Crippen molar-refractivity contribution in [3.8, 4) is 11.5 Å². The minimum Gasteiger partial charge on any atom is -0.486 e. The second-order valence-electron chi connectivity index (χ2n) is 5.72. The van der Waals surface area contributed by atoms with Crippen LogP contribution in [0.2, 0.25) is 0 Å². The van der Waals surface area contributed by atoms with Gasteiger partial charge in [-0.25, -0.2) is 4.98 Å². The van der Waals surface area contributed by atoms with Crippen LogP contribution in [0.1, 0.15) is 12.2 Å². The van der Waals surface area contributed by atoms with Gasteiger partial charge in [0.2, 0.25) is 5.91 Å². The molecule has 7 heteroatoms. The number of aryl methyl sites for hydroxylation is 1. The Balaban J connectivity index is 1.42. The molecule has 0 atom stereocenters. The molecule has 0 spiro atoms. The Labute approximate surface area is 152 Å². The first kappa shape index (κ1) is 16.0. The Morgan fingerprint density at radius 3 is 2.76 bits per heavy atom. The number of rotatable bonds is 4. The molecule has 1 aliphatic rings. The summed E-state index contributed by atoms with van der Waals surface area (Å²) < 4.78 is 11.8. The van der Waals surface area contributed by atoms with Crippen molar-refractivity contribution in [1.82, 2.24) is 9.97 Å². The lowest BCUT2D eigenvalue weighted by molar-refractivity contribution is -0.116. The van der Waals surface area contributed by atoms with E-state index >= 15 is 0 Å². The first-order chi connectivity index (χ1) is 12.2.